The van der Waals surface area contributed by atoms with Crippen molar-refractivity contribution in [2.45, 2.75) is 27.3 Å². The third-order valence-corrected chi connectivity index (χ3v) is 2.64. The van der Waals surface area contributed by atoms with E-state index in [-0.39, 0.29) is 0 Å². The number of hydrogen-bond acceptors (Lipinski definition) is 1. The van der Waals surface area contributed by atoms with E-state index >= 15 is 0 Å². The fourth-order valence-corrected chi connectivity index (χ4v) is 1.63. The van der Waals surface area contributed by atoms with E-state index in [0.717, 1.165) is 19.6 Å². The van der Waals surface area contributed by atoms with Gasteiger partial charge >= 0.3 is 0 Å². The summed E-state index contributed by atoms with van der Waals surface area (Å²) in [5.41, 5.74) is 2.67. The van der Waals surface area contributed by atoms with E-state index in [0.29, 0.717) is 0 Å². The standard InChI is InChI=1S/C14H21N/c1-4-7-13-8-10-14(11-9-13)12-15(5-2)6-3/h4,7-11H,5-6,12H2,1-3H3/b7-4+. The van der Waals surface area contributed by atoms with Crippen LogP contribution in [0.3, 0.4) is 0 Å². The topological polar surface area (TPSA) is 3.24 Å². The summed E-state index contributed by atoms with van der Waals surface area (Å²) in [6.45, 7) is 9.75. The zero-order chi connectivity index (χ0) is 11.1. The highest BCUT2D eigenvalue weighted by molar-refractivity contribution is 5.49. The lowest BCUT2D eigenvalue weighted by Crippen LogP contribution is -2.21. The van der Waals surface area contributed by atoms with Crippen LogP contribution in [-0.4, -0.2) is 18.0 Å². The molecule has 0 heterocycles. The molecule has 0 aromatic heterocycles. The van der Waals surface area contributed by atoms with Gasteiger partial charge in [0.05, 0.1) is 0 Å². The summed E-state index contributed by atoms with van der Waals surface area (Å²) in [6.07, 6.45) is 4.20. The SMILES string of the molecule is C/C=C/c1ccc(CN(CC)CC)cc1. The Morgan fingerprint density at radius 1 is 1.07 bits per heavy atom. The smallest absolute Gasteiger partial charge is 0.0233 e. The monoisotopic (exact) mass is 203 g/mol. The number of hydrogen-bond donors (Lipinski definition) is 0. The third-order valence-electron chi connectivity index (χ3n) is 2.64. The molecule has 0 saturated heterocycles. The molecule has 1 aromatic rings. The van der Waals surface area contributed by atoms with Gasteiger partial charge in [-0.25, -0.2) is 0 Å². The summed E-state index contributed by atoms with van der Waals surface area (Å²) in [4.78, 5) is 2.42. The van der Waals surface area contributed by atoms with Crippen molar-refractivity contribution in [1.29, 1.82) is 0 Å². The molecule has 0 aliphatic heterocycles. The van der Waals surface area contributed by atoms with Crippen LogP contribution in [0.2, 0.25) is 0 Å². The third kappa shape index (κ3) is 3.88. The fourth-order valence-electron chi connectivity index (χ4n) is 1.63. The molecule has 0 saturated carbocycles. The highest BCUT2D eigenvalue weighted by Gasteiger charge is 1.99. The van der Waals surface area contributed by atoms with Gasteiger partial charge in [-0.15, -0.1) is 0 Å². The lowest BCUT2D eigenvalue weighted by molar-refractivity contribution is 0.296. The van der Waals surface area contributed by atoms with E-state index in [9.17, 15) is 0 Å². The van der Waals surface area contributed by atoms with Crippen LogP contribution in [-0.2, 0) is 6.54 Å². The molecule has 1 heteroatoms. The molecule has 0 amide bonds. The second kappa shape index (κ2) is 6.41. The zero-order valence-corrected chi connectivity index (χ0v) is 10.0. The molecule has 0 bridgehead atoms. The number of nitrogens with zero attached hydrogens (tertiary/aromatic N) is 1. The Morgan fingerprint density at radius 2 is 1.67 bits per heavy atom. The molecule has 1 aromatic carbocycles. The van der Waals surface area contributed by atoms with Crippen molar-refractivity contribution < 1.29 is 0 Å². The van der Waals surface area contributed by atoms with Crippen LogP contribution in [0.4, 0.5) is 0 Å². The average molecular weight is 203 g/mol. The molecule has 1 nitrogen and oxygen atoms in total. The highest BCUT2D eigenvalue weighted by atomic mass is 15.1. The van der Waals surface area contributed by atoms with Crippen LogP contribution in [0.5, 0.6) is 0 Å². The summed E-state index contributed by atoms with van der Waals surface area (Å²) in [6, 6.07) is 8.79. The molecular weight excluding hydrogens is 182 g/mol. The fraction of sp³-hybridized carbons (Fsp3) is 0.429. The molecule has 0 aliphatic rings. The molecule has 0 fully saturated rings. The van der Waals surface area contributed by atoms with Gasteiger partial charge in [0.25, 0.3) is 0 Å². The van der Waals surface area contributed by atoms with Crippen molar-refractivity contribution in [3.8, 4) is 0 Å². The molecule has 0 N–H and O–H groups in total. The molecular formula is C14H21N. The first kappa shape index (κ1) is 12.0. The molecule has 82 valence electrons. The second-order valence-corrected chi connectivity index (χ2v) is 3.70. The van der Waals surface area contributed by atoms with Crippen LogP contribution < -0.4 is 0 Å². The molecule has 0 spiro atoms. The Kier molecular flexibility index (Phi) is 5.13. The number of allylic oxidation sites excluding steroid dienone is 1. The van der Waals surface area contributed by atoms with Crippen molar-refractivity contribution in [1.82, 2.24) is 4.90 Å². The van der Waals surface area contributed by atoms with E-state index in [1.807, 2.05) is 6.92 Å². The van der Waals surface area contributed by atoms with Crippen LogP contribution in [0.15, 0.2) is 30.3 Å². The van der Waals surface area contributed by atoms with Crippen molar-refractivity contribution in [3.63, 3.8) is 0 Å². The van der Waals surface area contributed by atoms with E-state index in [4.69, 9.17) is 0 Å². The minimum absolute atomic E-state index is 1.06. The summed E-state index contributed by atoms with van der Waals surface area (Å²) in [5, 5.41) is 0. The predicted octanol–water partition coefficient (Wildman–Crippen LogP) is 3.56. The van der Waals surface area contributed by atoms with Crippen LogP contribution in [0.25, 0.3) is 6.08 Å². The Bertz CT molecular complexity index is 294. The minimum Gasteiger partial charge on any atom is -0.300 e. The van der Waals surface area contributed by atoms with Gasteiger partial charge in [0.2, 0.25) is 0 Å². The number of rotatable bonds is 5. The average Bonchev–Trinajstić information content (AvgIpc) is 2.28. The van der Waals surface area contributed by atoms with Gasteiger partial charge in [-0.1, -0.05) is 50.3 Å². The quantitative estimate of drug-likeness (QED) is 0.707. The van der Waals surface area contributed by atoms with E-state index in [1.165, 1.54) is 11.1 Å². The van der Waals surface area contributed by atoms with Gasteiger partial charge in [-0.3, -0.25) is 4.90 Å². The van der Waals surface area contributed by atoms with Gasteiger partial charge < -0.3 is 0 Å². The molecule has 0 atom stereocenters. The Hall–Kier alpha value is -1.08. The van der Waals surface area contributed by atoms with Crippen molar-refractivity contribution in [2.24, 2.45) is 0 Å². The van der Waals surface area contributed by atoms with Gasteiger partial charge in [0, 0.05) is 6.54 Å². The van der Waals surface area contributed by atoms with Crippen molar-refractivity contribution in [3.05, 3.63) is 41.5 Å². The Balaban J connectivity index is 2.63. The van der Waals surface area contributed by atoms with Crippen molar-refractivity contribution in [2.75, 3.05) is 13.1 Å². The maximum atomic E-state index is 2.42. The lowest BCUT2D eigenvalue weighted by Gasteiger charge is -2.17. The first-order valence-electron chi connectivity index (χ1n) is 5.74. The largest absolute Gasteiger partial charge is 0.300 e. The van der Waals surface area contributed by atoms with Crippen molar-refractivity contribution >= 4 is 6.08 Å². The van der Waals surface area contributed by atoms with Gasteiger partial charge in [-0.05, 0) is 31.1 Å². The molecule has 0 unspecified atom stereocenters. The Labute approximate surface area is 93.4 Å². The van der Waals surface area contributed by atoms with Crippen LogP contribution >= 0.6 is 0 Å². The molecule has 1 rings (SSSR count). The summed E-state index contributed by atoms with van der Waals surface area (Å²) < 4.78 is 0. The summed E-state index contributed by atoms with van der Waals surface area (Å²) in [7, 11) is 0. The normalized spacial score (nSPS) is 11.5. The van der Waals surface area contributed by atoms with E-state index < -0.39 is 0 Å². The maximum absolute atomic E-state index is 2.42. The van der Waals surface area contributed by atoms with Crippen LogP contribution in [0.1, 0.15) is 31.9 Å². The van der Waals surface area contributed by atoms with Gasteiger partial charge in [0.15, 0.2) is 0 Å². The first-order valence-corrected chi connectivity index (χ1v) is 5.74. The minimum atomic E-state index is 1.06. The number of benzene rings is 1. The zero-order valence-electron chi connectivity index (χ0n) is 10.0. The lowest BCUT2D eigenvalue weighted by atomic mass is 10.1. The van der Waals surface area contributed by atoms with Gasteiger partial charge in [-0.2, -0.15) is 0 Å². The van der Waals surface area contributed by atoms with E-state index in [1.54, 1.807) is 0 Å². The Morgan fingerprint density at radius 3 is 2.13 bits per heavy atom. The molecule has 15 heavy (non-hydrogen) atoms. The first-order chi connectivity index (χ1) is 7.30. The summed E-state index contributed by atoms with van der Waals surface area (Å²) in [5.74, 6) is 0. The van der Waals surface area contributed by atoms with Gasteiger partial charge in [0.1, 0.15) is 0 Å². The molecule has 0 radical (unpaired) electrons. The van der Waals surface area contributed by atoms with Crippen LogP contribution in [0, 0.1) is 0 Å². The summed E-state index contributed by atoms with van der Waals surface area (Å²) >= 11 is 0. The van der Waals surface area contributed by atoms with E-state index in [2.05, 4.69) is 55.2 Å². The second-order valence-electron chi connectivity index (χ2n) is 3.70. The highest BCUT2D eigenvalue weighted by Crippen LogP contribution is 2.08. The predicted molar refractivity (Wildman–Crippen MR) is 67.8 cm³/mol. The molecule has 0 aliphatic carbocycles. The maximum Gasteiger partial charge on any atom is 0.0233 e.